The van der Waals surface area contributed by atoms with E-state index >= 15 is 0 Å². The molecule has 1 amide bonds. The van der Waals surface area contributed by atoms with Gasteiger partial charge in [0.15, 0.2) is 0 Å². The van der Waals surface area contributed by atoms with E-state index in [1.54, 1.807) is 35.0 Å². The maximum Gasteiger partial charge on any atom is 0.270 e. The molecule has 0 bridgehead atoms. The van der Waals surface area contributed by atoms with E-state index in [0.717, 1.165) is 22.4 Å². The second-order valence-corrected chi connectivity index (χ2v) is 7.85. The molecule has 6 heteroatoms. The summed E-state index contributed by atoms with van der Waals surface area (Å²) in [5.74, 6) is -0.587. The summed E-state index contributed by atoms with van der Waals surface area (Å²) in [7, 11) is 0. The monoisotopic (exact) mass is 433 g/mol. The molecule has 0 saturated heterocycles. The lowest BCUT2D eigenvalue weighted by Gasteiger charge is -2.09. The minimum absolute atomic E-state index is 0.276. The van der Waals surface area contributed by atoms with Crippen LogP contribution in [-0.2, 0) is 6.54 Å². The molecule has 0 radical (unpaired) electrons. The fourth-order valence-electron chi connectivity index (χ4n) is 3.24. The van der Waals surface area contributed by atoms with Crippen LogP contribution in [0.15, 0.2) is 72.8 Å². The quantitative estimate of drug-likeness (QED) is 0.427. The Morgan fingerprint density at radius 1 is 0.968 bits per heavy atom. The molecule has 0 unspecified atom stereocenters. The van der Waals surface area contributed by atoms with E-state index in [-0.39, 0.29) is 18.3 Å². The van der Waals surface area contributed by atoms with Crippen molar-refractivity contribution in [3.8, 4) is 16.9 Å². The highest BCUT2D eigenvalue weighted by molar-refractivity contribution is 6.30. The van der Waals surface area contributed by atoms with E-state index in [2.05, 4.69) is 18.3 Å². The van der Waals surface area contributed by atoms with Gasteiger partial charge in [0.2, 0.25) is 0 Å². The summed E-state index contributed by atoms with van der Waals surface area (Å²) in [6.45, 7) is 4.38. The molecule has 0 aliphatic carbocycles. The van der Waals surface area contributed by atoms with Crippen molar-refractivity contribution in [2.24, 2.45) is 0 Å². The predicted molar refractivity (Wildman–Crippen MR) is 121 cm³/mol. The van der Waals surface area contributed by atoms with Crippen molar-refractivity contribution in [3.05, 3.63) is 106 Å². The van der Waals surface area contributed by atoms with E-state index in [1.165, 1.54) is 17.7 Å². The third-order valence-corrected chi connectivity index (χ3v) is 5.43. The van der Waals surface area contributed by atoms with Gasteiger partial charge in [-0.15, -0.1) is 0 Å². The minimum atomic E-state index is -0.311. The first-order valence-electron chi connectivity index (χ1n) is 9.87. The summed E-state index contributed by atoms with van der Waals surface area (Å²) in [4.78, 5) is 13.0. The first-order valence-corrected chi connectivity index (χ1v) is 10.2. The molecule has 0 aliphatic rings. The summed E-state index contributed by atoms with van der Waals surface area (Å²) in [6, 6.07) is 21.1. The van der Waals surface area contributed by atoms with Gasteiger partial charge in [0, 0.05) is 17.1 Å². The number of hydrogen-bond donors (Lipinski definition) is 1. The van der Waals surface area contributed by atoms with Crippen LogP contribution in [-0.4, -0.2) is 15.7 Å². The number of aryl methyl sites for hydroxylation is 2. The molecule has 0 aliphatic heterocycles. The first kappa shape index (κ1) is 20.8. The Kier molecular flexibility index (Phi) is 5.87. The second-order valence-electron chi connectivity index (χ2n) is 7.41. The summed E-state index contributed by atoms with van der Waals surface area (Å²) in [6.07, 6.45) is 0. The van der Waals surface area contributed by atoms with Gasteiger partial charge < -0.3 is 5.32 Å². The average molecular weight is 434 g/mol. The van der Waals surface area contributed by atoms with Gasteiger partial charge in [0.1, 0.15) is 11.5 Å². The van der Waals surface area contributed by atoms with Crippen molar-refractivity contribution in [1.29, 1.82) is 0 Å². The number of nitrogens with zero attached hydrogens (tertiary/aromatic N) is 2. The third kappa shape index (κ3) is 4.67. The lowest BCUT2D eigenvalue weighted by atomic mass is 10.0. The van der Waals surface area contributed by atoms with Crippen LogP contribution in [0, 0.1) is 19.7 Å². The first-order chi connectivity index (χ1) is 14.9. The van der Waals surface area contributed by atoms with Gasteiger partial charge in [0.25, 0.3) is 5.91 Å². The van der Waals surface area contributed by atoms with Crippen molar-refractivity contribution < 1.29 is 9.18 Å². The second kappa shape index (κ2) is 8.74. The predicted octanol–water partition coefficient (Wildman–Crippen LogP) is 5.88. The maximum atomic E-state index is 13.1. The molecule has 0 saturated carbocycles. The molecule has 4 aromatic rings. The molecule has 1 heterocycles. The van der Waals surface area contributed by atoms with Gasteiger partial charge in [0.05, 0.1) is 11.4 Å². The molecule has 4 nitrogen and oxygen atoms in total. The van der Waals surface area contributed by atoms with Crippen LogP contribution in [0.2, 0.25) is 5.02 Å². The highest BCUT2D eigenvalue weighted by Crippen LogP contribution is 2.24. The number of carbonyl (C=O) groups is 1. The molecule has 31 heavy (non-hydrogen) atoms. The number of aromatic nitrogens is 2. The lowest BCUT2D eigenvalue weighted by Crippen LogP contribution is -2.25. The maximum absolute atomic E-state index is 13.1. The van der Waals surface area contributed by atoms with Crippen LogP contribution in [0.3, 0.4) is 0 Å². The zero-order chi connectivity index (χ0) is 22.0. The van der Waals surface area contributed by atoms with Gasteiger partial charge in [-0.2, -0.15) is 5.10 Å². The summed E-state index contributed by atoms with van der Waals surface area (Å²) >= 11 is 6.03. The summed E-state index contributed by atoms with van der Waals surface area (Å²) in [5.41, 5.74) is 5.91. The molecule has 1 aromatic heterocycles. The molecule has 3 aromatic carbocycles. The van der Waals surface area contributed by atoms with Gasteiger partial charge >= 0.3 is 0 Å². The van der Waals surface area contributed by atoms with E-state index in [4.69, 9.17) is 16.7 Å². The average Bonchev–Trinajstić information content (AvgIpc) is 3.21. The van der Waals surface area contributed by atoms with Crippen molar-refractivity contribution in [2.75, 3.05) is 0 Å². The van der Waals surface area contributed by atoms with Crippen LogP contribution >= 0.6 is 11.6 Å². The van der Waals surface area contributed by atoms with Crippen molar-refractivity contribution >= 4 is 17.5 Å². The van der Waals surface area contributed by atoms with Crippen molar-refractivity contribution in [3.63, 3.8) is 0 Å². The van der Waals surface area contributed by atoms with Crippen LogP contribution in [0.25, 0.3) is 16.9 Å². The fraction of sp³-hybridized carbons (Fsp3) is 0.120. The molecule has 0 fully saturated rings. The van der Waals surface area contributed by atoms with Gasteiger partial charge in [-0.25, -0.2) is 9.07 Å². The Hall–Kier alpha value is -3.44. The number of amides is 1. The topological polar surface area (TPSA) is 46.9 Å². The van der Waals surface area contributed by atoms with Crippen LogP contribution in [0.5, 0.6) is 0 Å². The Morgan fingerprint density at radius 3 is 2.35 bits per heavy atom. The SMILES string of the molecule is Cc1ccc(-c2cc(C(=O)NCc3ccc(F)cc3)n(-c3ccc(Cl)cc3)n2)cc1C. The highest BCUT2D eigenvalue weighted by atomic mass is 35.5. The number of rotatable bonds is 5. The highest BCUT2D eigenvalue weighted by Gasteiger charge is 2.18. The molecule has 0 spiro atoms. The number of hydrogen-bond acceptors (Lipinski definition) is 2. The Labute approximate surface area is 185 Å². The largest absolute Gasteiger partial charge is 0.347 e. The Bertz CT molecular complexity index is 1230. The molecule has 156 valence electrons. The van der Waals surface area contributed by atoms with Crippen LogP contribution in [0.4, 0.5) is 4.39 Å². The molecular weight excluding hydrogens is 413 g/mol. The number of halogens is 2. The van der Waals surface area contributed by atoms with Crippen LogP contribution in [0.1, 0.15) is 27.2 Å². The smallest absolute Gasteiger partial charge is 0.270 e. The summed E-state index contributed by atoms with van der Waals surface area (Å²) < 4.78 is 14.7. The van der Waals surface area contributed by atoms with E-state index in [9.17, 15) is 9.18 Å². The number of carbonyl (C=O) groups excluding carboxylic acids is 1. The standard InChI is InChI=1S/C25H21ClFN3O/c1-16-3-6-19(13-17(16)2)23-14-24(30(29-23)22-11-7-20(26)8-12-22)25(31)28-15-18-4-9-21(27)10-5-18/h3-14H,15H2,1-2H3,(H,28,31). The van der Waals surface area contributed by atoms with Gasteiger partial charge in [-0.1, -0.05) is 35.9 Å². The van der Waals surface area contributed by atoms with E-state index in [0.29, 0.717) is 16.4 Å². The van der Waals surface area contributed by atoms with E-state index in [1.807, 2.05) is 31.2 Å². The minimum Gasteiger partial charge on any atom is -0.347 e. The molecule has 0 atom stereocenters. The summed E-state index contributed by atoms with van der Waals surface area (Å²) in [5, 5.41) is 8.20. The van der Waals surface area contributed by atoms with Gasteiger partial charge in [-0.3, -0.25) is 4.79 Å². The van der Waals surface area contributed by atoms with Crippen molar-refractivity contribution in [2.45, 2.75) is 20.4 Å². The zero-order valence-electron chi connectivity index (χ0n) is 17.2. The third-order valence-electron chi connectivity index (χ3n) is 5.18. The van der Waals surface area contributed by atoms with Crippen molar-refractivity contribution in [1.82, 2.24) is 15.1 Å². The Balaban J connectivity index is 1.69. The van der Waals surface area contributed by atoms with Gasteiger partial charge in [-0.05, 0) is 79.1 Å². The molecule has 1 N–H and O–H groups in total. The number of benzene rings is 3. The lowest BCUT2D eigenvalue weighted by molar-refractivity contribution is 0.0943. The number of nitrogens with one attached hydrogen (secondary N) is 1. The normalized spacial score (nSPS) is 10.8. The zero-order valence-corrected chi connectivity index (χ0v) is 17.9. The molecule has 4 rings (SSSR count). The van der Waals surface area contributed by atoms with E-state index < -0.39 is 0 Å². The Morgan fingerprint density at radius 2 is 1.68 bits per heavy atom. The van der Waals surface area contributed by atoms with Crippen LogP contribution < -0.4 is 5.32 Å². The fourth-order valence-corrected chi connectivity index (χ4v) is 3.36. The molecular formula is C25H21ClFN3O.